The molecule has 2 aromatic heterocycles. The number of nitrogens with zero attached hydrogens (tertiary/aromatic N) is 4. The lowest BCUT2D eigenvalue weighted by Gasteiger charge is -2.26. The highest BCUT2D eigenvalue weighted by Gasteiger charge is 2.42. The van der Waals surface area contributed by atoms with Gasteiger partial charge >= 0.3 is 0 Å². The van der Waals surface area contributed by atoms with Crippen molar-refractivity contribution < 1.29 is 24.8 Å². The van der Waals surface area contributed by atoms with Gasteiger partial charge in [0.25, 0.3) is 0 Å². The Morgan fingerprint density at radius 2 is 1.93 bits per heavy atom. The van der Waals surface area contributed by atoms with Crippen LogP contribution in [0.4, 0.5) is 11.8 Å². The van der Waals surface area contributed by atoms with Crippen LogP contribution in [0, 0.1) is 0 Å². The number of aromatic amines is 1. The Kier molecular flexibility index (Phi) is 6.37. The number of ether oxygens (including phenoxy) is 2. The SMILES string of the molecule is OC[C@H]1O[C@@H](CNc2nc(NCCN3CCOCC3)c3[nH]cnc3n2)[C@@H](O)[C@@H]1O. The maximum absolute atomic E-state index is 10.1. The Balaban J connectivity index is 1.38. The van der Waals surface area contributed by atoms with Crippen molar-refractivity contribution in [3.05, 3.63) is 6.33 Å². The van der Waals surface area contributed by atoms with E-state index in [1.54, 1.807) is 6.33 Å². The first-order valence-electron chi connectivity index (χ1n) is 9.77. The highest BCUT2D eigenvalue weighted by Crippen LogP contribution is 2.22. The zero-order valence-corrected chi connectivity index (χ0v) is 16.0. The number of fused-ring (bicyclic) bond motifs is 1. The van der Waals surface area contributed by atoms with Crippen LogP contribution in [0.2, 0.25) is 0 Å². The zero-order valence-electron chi connectivity index (χ0n) is 16.0. The van der Waals surface area contributed by atoms with Gasteiger partial charge in [-0.3, -0.25) is 4.90 Å². The van der Waals surface area contributed by atoms with Gasteiger partial charge in [-0.15, -0.1) is 0 Å². The van der Waals surface area contributed by atoms with Crippen LogP contribution >= 0.6 is 0 Å². The van der Waals surface area contributed by atoms with E-state index in [1.807, 2.05) is 0 Å². The fourth-order valence-electron chi connectivity index (χ4n) is 3.53. The number of hydrogen-bond acceptors (Lipinski definition) is 11. The number of rotatable bonds is 8. The van der Waals surface area contributed by atoms with Gasteiger partial charge in [-0.25, -0.2) is 4.98 Å². The molecular formula is C17H27N7O5. The van der Waals surface area contributed by atoms with E-state index in [2.05, 4.69) is 35.5 Å². The van der Waals surface area contributed by atoms with Crippen LogP contribution in [0.3, 0.4) is 0 Å². The highest BCUT2D eigenvalue weighted by atomic mass is 16.6. The molecule has 0 radical (unpaired) electrons. The van der Waals surface area contributed by atoms with Crippen LogP contribution in [0.25, 0.3) is 11.2 Å². The third kappa shape index (κ3) is 4.57. The van der Waals surface area contributed by atoms with E-state index in [0.717, 1.165) is 32.8 Å². The largest absolute Gasteiger partial charge is 0.394 e. The molecule has 12 heteroatoms. The molecule has 29 heavy (non-hydrogen) atoms. The number of morpholine rings is 1. The van der Waals surface area contributed by atoms with Gasteiger partial charge in [0.05, 0.1) is 26.1 Å². The summed E-state index contributed by atoms with van der Waals surface area (Å²) >= 11 is 0. The van der Waals surface area contributed by atoms with Crippen LogP contribution in [0.5, 0.6) is 0 Å². The van der Waals surface area contributed by atoms with E-state index in [1.165, 1.54) is 0 Å². The second-order valence-corrected chi connectivity index (χ2v) is 7.14. The molecule has 2 saturated heterocycles. The van der Waals surface area contributed by atoms with Crippen LogP contribution in [0.15, 0.2) is 6.33 Å². The zero-order chi connectivity index (χ0) is 20.2. The maximum Gasteiger partial charge on any atom is 0.226 e. The van der Waals surface area contributed by atoms with Gasteiger partial charge in [0, 0.05) is 32.7 Å². The Morgan fingerprint density at radius 1 is 1.14 bits per heavy atom. The normalized spacial score (nSPS) is 28.1. The minimum absolute atomic E-state index is 0.178. The number of hydrogen-bond donors (Lipinski definition) is 6. The van der Waals surface area contributed by atoms with Gasteiger partial charge in [-0.1, -0.05) is 0 Å². The summed E-state index contributed by atoms with van der Waals surface area (Å²) in [5, 5.41) is 35.5. The molecular weight excluding hydrogens is 382 g/mol. The summed E-state index contributed by atoms with van der Waals surface area (Å²) < 4.78 is 10.8. The van der Waals surface area contributed by atoms with Gasteiger partial charge in [0.1, 0.15) is 29.9 Å². The van der Waals surface area contributed by atoms with Crippen molar-refractivity contribution in [1.82, 2.24) is 24.8 Å². The van der Waals surface area contributed by atoms with Crippen LogP contribution in [-0.4, -0.2) is 117 Å². The Morgan fingerprint density at radius 3 is 2.69 bits per heavy atom. The molecule has 12 nitrogen and oxygen atoms in total. The lowest BCUT2D eigenvalue weighted by atomic mass is 10.1. The molecule has 0 spiro atoms. The summed E-state index contributed by atoms with van der Waals surface area (Å²) in [5.74, 6) is 0.959. The fourth-order valence-corrected chi connectivity index (χ4v) is 3.53. The van der Waals surface area contributed by atoms with Crippen molar-refractivity contribution in [2.24, 2.45) is 0 Å². The molecule has 0 amide bonds. The lowest BCUT2D eigenvalue weighted by molar-refractivity contribution is -0.0184. The summed E-state index contributed by atoms with van der Waals surface area (Å²) in [7, 11) is 0. The lowest BCUT2D eigenvalue weighted by Crippen LogP contribution is -2.39. The van der Waals surface area contributed by atoms with E-state index in [4.69, 9.17) is 9.47 Å². The Labute approximate surface area is 167 Å². The summed E-state index contributed by atoms with van der Waals surface area (Å²) in [6, 6.07) is 0. The third-order valence-corrected chi connectivity index (χ3v) is 5.21. The molecule has 2 aliphatic rings. The van der Waals surface area contributed by atoms with Crippen LogP contribution in [0.1, 0.15) is 0 Å². The van der Waals surface area contributed by atoms with Crippen LogP contribution < -0.4 is 10.6 Å². The quantitative estimate of drug-likeness (QED) is 0.286. The molecule has 0 bridgehead atoms. The minimum Gasteiger partial charge on any atom is -0.394 e. The van der Waals surface area contributed by atoms with Crippen LogP contribution in [-0.2, 0) is 9.47 Å². The molecule has 2 fully saturated rings. The van der Waals surface area contributed by atoms with Crippen molar-refractivity contribution >= 4 is 22.9 Å². The van der Waals surface area contributed by atoms with E-state index in [0.29, 0.717) is 29.5 Å². The molecule has 0 aromatic carbocycles. The Bertz CT molecular complexity index is 800. The summed E-state index contributed by atoms with van der Waals surface area (Å²) in [4.78, 5) is 18.4. The molecule has 2 aliphatic heterocycles. The molecule has 0 saturated carbocycles. The number of H-pyrrole nitrogens is 1. The number of nitrogens with one attached hydrogen (secondary N) is 3. The second kappa shape index (κ2) is 9.15. The number of aromatic nitrogens is 4. The maximum atomic E-state index is 10.1. The average molecular weight is 409 g/mol. The van der Waals surface area contributed by atoms with Gasteiger partial charge in [-0.2, -0.15) is 9.97 Å². The Hall–Kier alpha value is -2.09. The standard InChI is InChI=1S/C17H27N7O5/c25-8-11-14(27)13(26)10(29-11)7-19-17-22-15(12-16(23-17)21-9-20-12)18-1-2-24-3-5-28-6-4-24/h9-11,13-14,25-27H,1-8H2,(H3,18,19,20,21,22,23)/t10-,11+,13+,14+/m0/s1. The second-order valence-electron chi connectivity index (χ2n) is 7.14. The number of imidazole rings is 1. The topological polar surface area (TPSA) is 161 Å². The van der Waals surface area contributed by atoms with Gasteiger partial charge in [0.15, 0.2) is 11.5 Å². The molecule has 2 aromatic rings. The average Bonchev–Trinajstić information content (AvgIpc) is 3.32. The van der Waals surface area contributed by atoms with Gasteiger partial charge in [0.2, 0.25) is 5.95 Å². The molecule has 4 heterocycles. The van der Waals surface area contributed by atoms with E-state index in [-0.39, 0.29) is 13.2 Å². The molecule has 4 rings (SSSR count). The molecule has 0 unspecified atom stereocenters. The molecule has 160 valence electrons. The molecule has 6 N–H and O–H groups in total. The molecule has 4 atom stereocenters. The van der Waals surface area contributed by atoms with E-state index < -0.39 is 24.4 Å². The van der Waals surface area contributed by atoms with Gasteiger partial charge < -0.3 is 40.4 Å². The van der Waals surface area contributed by atoms with E-state index in [9.17, 15) is 15.3 Å². The highest BCUT2D eigenvalue weighted by molar-refractivity contribution is 5.83. The number of aliphatic hydroxyl groups excluding tert-OH is 3. The van der Waals surface area contributed by atoms with E-state index >= 15 is 0 Å². The van der Waals surface area contributed by atoms with Gasteiger partial charge in [-0.05, 0) is 0 Å². The monoisotopic (exact) mass is 409 g/mol. The first-order valence-corrected chi connectivity index (χ1v) is 9.77. The van der Waals surface area contributed by atoms with Crippen molar-refractivity contribution in [1.29, 1.82) is 0 Å². The fraction of sp³-hybridized carbons (Fsp3) is 0.706. The van der Waals surface area contributed by atoms with Crippen molar-refractivity contribution in [3.8, 4) is 0 Å². The number of anilines is 2. The molecule has 0 aliphatic carbocycles. The summed E-state index contributed by atoms with van der Waals surface area (Å²) in [5.41, 5.74) is 1.22. The minimum atomic E-state index is -1.13. The first kappa shape index (κ1) is 20.2. The third-order valence-electron chi connectivity index (χ3n) is 5.21. The summed E-state index contributed by atoms with van der Waals surface area (Å²) in [6.45, 7) is 4.75. The predicted octanol–water partition coefficient (Wildman–Crippen LogP) is -2.01. The first-order chi connectivity index (χ1) is 14.2. The smallest absolute Gasteiger partial charge is 0.226 e. The summed E-state index contributed by atoms with van der Waals surface area (Å²) in [6.07, 6.45) is -2.15. The van der Waals surface area contributed by atoms with Crippen molar-refractivity contribution in [2.45, 2.75) is 24.4 Å². The predicted molar refractivity (Wildman–Crippen MR) is 104 cm³/mol. The van der Waals surface area contributed by atoms with Crippen molar-refractivity contribution in [3.63, 3.8) is 0 Å². The number of aliphatic hydroxyl groups is 3. The van der Waals surface area contributed by atoms with Crippen molar-refractivity contribution in [2.75, 3.05) is 63.2 Å².